The first kappa shape index (κ1) is 22.3. The highest BCUT2D eigenvalue weighted by Gasteiger charge is 2.22. The van der Waals surface area contributed by atoms with Crippen LogP contribution in [0, 0.1) is 11.3 Å². The molecule has 0 bridgehead atoms. The topological polar surface area (TPSA) is 126 Å². The van der Waals surface area contributed by atoms with E-state index in [0.29, 0.717) is 22.7 Å². The second-order valence-corrected chi connectivity index (χ2v) is 9.95. The zero-order valence-corrected chi connectivity index (χ0v) is 18.4. The number of benzene rings is 1. The van der Waals surface area contributed by atoms with Crippen LogP contribution in [-0.4, -0.2) is 24.6 Å². The van der Waals surface area contributed by atoms with Gasteiger partial charge in [0, 0.05) is 11.4 Å². The maximum absolute atomic E-state index is 12.8. The lowest BCUT2D eigenvalue weighted by Crippen LogP contribution is -2.25. The second kappa shape index (κ2) is 9.60. The Kier molecular flexibility index (Phi) is 7.13. The van der Waals surface area contributed by atoms with Gasteiger partial charge in [-0.3, -0.25) is 4.79 Å². The van der Waals surface area contributed by atoms with Crippen LogP contribution in [0.2, 0.25) is 0 Å². The summed E-state index contributed by atoms with van der Waals surface area (Å²) in [6.45, 7) is 1.90. The van der Waals surface area contributed by atoms with Gasteiger partial charge in [-0.1, -0.05) is 25.1 Å². The van der Waals surface area contributed by atoms with E-state index in [0.717, 1.165) is 43.4 Å². The first-order chi connectivity index (χ1) is 14.3. The molecule has 1 aromatic heterocycles. The number of fused-ring (bicyclic) bond motifs is 1. The highest BCUT2D eigenvalue weighted by atomic mass is 32.2. The number of amides is 1. The van der Waals surface area contributed by atoms with E-state index in [1.807, 2.05) is 13.0 Å². The van der Waals surface area contributed by atoms with Crippen molar-refractivity contribution < 1.29 is 13.2 Å². The third-order valence-electron chi connectivity index (χ3n) is 5.00. The number of sulfonamides is 1. The quantitative estimate of drug-likeness (QED) is 0.520. The van der Waals surface area contributed by atoms with E-state index < -0.39 is 15.3 Å². The Balaban J connectivity index is 1.77. The third kappa shape index (κ3) is 5.39. The van der Waals surface area contributed by atoms with Gasteiger partial charge in [-0.05, 0) is 68.0 Å². The van der Waals surface area contributed by atoms with Gasteiger partial charge in [0.25, 0.3) is 0 Å². The Labute approximate surface area is 181 Å². The van der Waals surface area contributed by atoms with E-state index in [4.69, 9.17) is 10.1 Å². The van der Waals surface area contributed by atoms with E-state index >= 15 is 0 Å². The molecule has 1 aliphatic rings. The van der Waals surface area contributed by atoms with Crippen molar-refractivity contribution in [2.75, 3.05) is 5.32 Å². The number of nitriles is 1. The number of anilines is 1. The average molecular weight is 445 g/mol. The normalized spacial score (nSPS) is 14.8. The number of thioether (sulfide) groups is 1. The number of nitrogens with zero attached hydrogens (tertiary/aromatic N) is 2. The second-order valence-electron chi connectivity index (χ2n) is 7.19. The largest absolute Gasteiger partial charge is 0.325 e. The fourth-order valence-electron chi connectivity index (χ4n) is 3.37. The minimum atomic E-state index is -3.78. The molecule has 30 heavy (non-hydrogen) atoms. The van der Waals surface area contributed by atoms with Gasteiger partial charge in [-0.15, -0.1) is 0 Å². The number of nitrogens with two attached hydrogens (primary N) is 1. The Hall–Kier alpha value is -2.41. The zero-order chi connectivity index (χ0) is 21.7. The van der Waals surface area contributed by atoms with Crippen molar-refractivity contribution in [1.82, 2.24) is 4.98 Å². The molecule has 1 amide bonds. The molecule has 0 aliphatic heterocycles. The van der Waals surface area contributed by atoms with Crippen LogP contribution in [0.25, 0.3) is 0 Å². The van der Waals surface area contributed by atoms with Gasteiger partial charge in [-0.2, -0.15) is 5.26 Å². The number of aromatic nitrogens is 1. The Morgan fingerprint density at radius 3 is 2.60 bits per heavy atom. The summed E-state index contributed by atoms with van der Waals surface area (Å²) in [6.07, 6.45) is 5.74. The van der Waals surface area contributed by atoms with Crippen molar-refractivity contribution in [1.29, 1.82) is 5.26 Å². The molecule has 1 heterocycles. The SMILES string of the molecule is CCC(Sc1nc2c(cc1C#N)CCCCC2)C(=O)Nc1ccc(S(N)(=O)=O)cc1. The summed E-state index contributed by atoms with van der Waals surface area (Å²) < 4.78 is 22.7. The van der Waals surface area contributed by atoms with Crippen LogP contribution >= 0.6 is 11.8 Å². The van der Waals surface area contributed by atoms with E-state index in [1.165, 1.54) is 36.0 Å². The monoisotopic (exact) mass is 444 g/mol. The molecular formula is C21H24N4O3S2. The molecule has 0 spiro atoms. The van der Waals surface area contributed by atoms with Crippen molar-refractivity contribution in [2.24, 2.45) is 5.14 Å². The van der Waals surface area contributed by atoms with Gasteiger partial charge in [0.15, 0.2) is 0 Å². The van der Waals surface area contributed by atoms with E-state index in [9.17, 15) is 18.5 Å². The summed E-state index contributed by atoms with van der Waals surface area (Å²) in [5.74, 6) is -0.230. The number of hydrogen-bond donors (Lipinski definition) is 2. The van der Waals surface area contributed by atoms with Crippen LogP contribution < -0.4 is 10.5 Å². The minimum absolute atomic E-state index is 0.0187. The smallest absolute Gasteiger partial charge is 0.238 e. The van der Waals surface area contributed by atoms with Gasteiger partial charge >= 0.3 is 0 Å². The molecule has 0 saturated carbocycles. The highest BCUT2D eigenvalue weighted by Crippen LogP contribution is 2.31. The molecule has 2 aromatic rings. The molecule has 0 saturated heterocycles. The number of carbonyl (C=O) groups is 1. The predicted octanol–water partition coefficient (Wildman–Crippen LogP) is 3.38. The molecule has 7 nitrogen and oxygen atoms in total. The predicted molar refractivity (Wildman–Crippen MR) is 117 cm³/mol. The molecule has 9 heteroatoms. The lowest BCUT2D eigenvalue weighted by molar-refractivity contribution is -0.115. The van der Waals surface area contributed by atoms with Crippen molar-refractivity contribution in [3.8, 4) is 6.07 Å². The summed E-state index contributed by atoms with van der Waals surface area (Å²) in [5, 5.41) is 17.6. The number of primary sulfonamides is 1. The Morgan fingerprint density at radius 1 is 1.27 bits per heavy atom. The maximum atomic E-state index is 12.8. The molecule has 158 valence electrons. The molecule has 1 unspecified atom stereocenters. The van der Waals surface area contributed by atoms with Crippen molar-refractivity contribution in [2.45, 2.75) is 60.6 Å². The molecular weight excluding hydrogens is 420 g/mol. The Bertz CT molecular complexity index is 1080. The van der Waals surface area contributed by atoms with Crippen LogP contribution in [0.5, 0.6) is 0 Å². The van der Waals surface area contributed by atoms with Gasteiger partial charge in [0.2, 0.25) is 15.9 Å². The van der Waals surface area contributed by atoms with Gasteiger partial charge in [0.1, 0.15) is 11.1 Å². The number of carbonyl (C=O) groups excluding carboxylic acids is 1. The van der Waals surface area contributed by atoms with Crippen molar-refractivity contribution >= 4 is 33.4 Å². The lowest BCUT2D eigenvalue weighted by atomic mass is 10.1. The number of aryl methyl sites for hydroxylation is 2. The van der Waals surface area contributed by atoms with Gasteiger partial charge in [-0.25, -0.2) is 18.5 Å². The number of hydrogen-bond acceptors (Lipinski definition) is 6. The molecule has 1 aliphatic carbocycles. The van der Waals surface area contributed by atoms with E-state index in [-0.39, 0.29) is 10.8 Å². The summed E-state index contributed by atoms with van der Waals surface area (Å²) in [4.78, 5) is 17.5. The molecule has 1 aromatic carbocycles. The number of nitrogens with one attached hydrogen (secondary N) is 1. The summed E-state index contributed by atoms with van der Waals surface area (Å²) in [6, 6.07) is 9.83. The van der Waals surface area contributed by atoms with Crippen molar-refractivity contribution in [3.05, 3.63) is 47.2 Å². The zero-order valence-electron chi connectivity index (χ0n) is 16.7. The third-order valence-corrected chi connectivity index (χ3v) is 7.30. The van der Waals surface area contributed by atoms with Crippen molar-refractivity contribution in [3.63, 3.8) is 0 Å². The first-order valence-corrected chi connectivity index (χ1v) is 12.3. The van der Waals surface area contributed by atoms with E-state index in [2.05, 4.69) is 11.4 Å². The lowest BCUT2D eigenvalue weighted by Gasteiger charge is -2.16. The van der Waals surface area contributed by atoms with Crippen LogP contribution in [-0.2, 0) is 27.7 Å². The summed E-state index contributed by atoms with van der Waals surface area (Å²) >= 11 is 1.29. The van der Waals surface area contributed by atoms with Gasteiger partial charge in [0.05, 0.1) is 15.7 Å². The van der Waals surface area contributed by atoms with Gasteiger partial charge < -0.3 is 5.32 Å². The van der Waals surface area contributed by atoms with Crippen LogP contribution in [0.1, 0.15) is 49.4 Å². The van der Waals surface area contributed by atoms with Crippen LogP contribution in [0.15, 0.2) is 40.3 Å². The standard InChI is InChI=1S/C21H24N4O3S2/c1-2-19(20(26)24-16-8-10-17(11-9-16)30(23,27)28)29-21-15(13-22)12-14-6-4-3-5-7-18(14)25-21/h8-12,19H,2-7H2,1H3,(H,24,26)(H2,23,27,28). The highest BCUT2D eigenvalue weighted by molar-refractivity contribution is 8.00. The fraction of sp³-hybridized carbons (Fsp3) is 0.381. The van der Waals surface area contributed by atoms with Crippen LogP contribution in [0.3, 0.4) is 0 Å². The molecule has 1 atom stereocenters. The maximum Gasteiger partial charge on any atom is 0.238 e. The number of rotatable bonds is 6. The Morgan fingerprint density at radius 2 is 1.97 bits per heavy atom. The fourth-order valence-corrected chi connectivity index (χ4v) is 4.88. The first-order valence-electron chi connectivity index (χ1n) is 9.85. The van der Waals surface area contributed by atoms with Crippen LogP contribution in [0.4, 0.5) is 5.69 Å². The minimum Gasteiger partial charge on any atom is -0.325 e. The molecule has 3 N–H and O–H groups in total. The average Bonchev–Trinajstić information content (AvgIpc) is 2.95. The summed E-state index contributed by atoms with van der Waals surface area (Å²) in [7, 11) is -3.78. The number of pyridine rings is 1. The molecule has 3 rings (SSSR count). The summed E-state index contributed by atoms with van der Waals surface area (Å²) in [5.41, 5.74) is 3.15. The molecule has 0 fully saturated rings. The molecule has 0 radical (unpaired) electrons. The van der Waals surface area contributed by atoms with E-state index in [1.54, 1.807) is 0 Å².